The van der Waals surface area contributed by atoms with Gasteiger partial charge < -0.3 is 10.6 Å². The molecule has 0 bridgehead atoms. The summed E-state index contributed by atoms with van der Waals surface area (Å²) in [7, 11) is 1.55. The van der Waals surface area contributed by atoms with Crippen molar-refractivity contribution in [1.82, 2.24) is 5.32 Å². The van der Waals surface area contributed by atoms with E-state index in [0.717, 1.165) is 5.69 Å². The van der Waals surface area contributed by atoms with Crippen LogP contribution in [0.1, 0.15) is 12.8 Å². The maximum Gasteiger partial charge on any atom is 0.240 e. The molecule has 1 aromatic carbocycles. The van der Waals surface area contributed by atoms with E-state index in [0.29, 0.717) is 12.8 Å². The number of amides is 2. The molecule has 1 saturated carbocycles. The second-order valence-electron chi connectivity index (χ2n) is 3.98. The molecular formula is C12H14N2O2. The van der Waals surface area contributed by atoms with Crippen LogP contribution in [0.4, 0.5) is 5.69 Å². The molecule has 4 nitrogen and oxygen atoms in total. The lowest BCUT2D eigenvalue weighted by atomic mass is 10.1. The average Bonchev–Trinajstić information content (AvgIpc) is 3.10. The molecular weight excluding hydrogens is 204 g/mol. The Morgan fingerprint density at radius 1 is 1.12 bits per heavy atom. The van der Waals surface area contributed by atoms with Crippen molar-refractivity contribution in [1.29, 1.82) is 0 Å². The van der Waals surface area contributed by atoms with Crippen LogP contribution in [0.15, 0.2) is 30.3 Å². The predicted octanol–water partition coefficient (Wildman–Crippen LogP) is 1.15. The lowest BCUT2D eigenvalue weighted by Crippen LogP contribution is -2.38. The number of carbonyl (C=O) groups is 2. The number of para-hydroxylation sites is 1. The summed E-state index contributed by atoms with van der Waals surface area (Å²) in [5, 5.41) is 5.29. The molecule has 16 heavy (non-hydrogen) atoms. The molecule has 84 valence electrons. The second kappa shape index (κ2) is 3.96. The third kappa shape index (κ3) is 1.78. The number of nitrogens with one attached hydrogen (secondary N) is 2. The molecule has 2 amide bonds. The number of carbonyl (C=O) groups excluding carboxylic acids is 2. The van der Waals surface area contributed by atoms with Crippen molar-refractivity contribution in [3.8, 4) is 0 Å². The van der Waals surface area contributed by atoms with E-state index in [-0.39, 0.29) is 11.8 Å². The highest BCUT2D eigenvalue weighted by molar-refractivity contribution is 6.12. The molecule has 0 spiro atoms. The molecule has 1 aliphatic rings. The summed E-state index contributed by atoms with van der Waals surface area (Å²) in [4.78, 5) is 23.5. The van der Waals surface area contributed by atoms with E-state index >= 15 is 0 Å². The number of hydrogen-bond acceptors (Lipinski definition) is 2. The van der Waals surface area contributed by atoms with Crippen molar-refractivity contribution in [2.45, 2.75) is 12.8 Å². The summed E-state index contributed by atoms with van der Waals surface area (Å²) >= 11 is 0. The minimum Gasteiger partial charge on any atom is -0.358 e. The van der Waals surface area contributed by atoms with Gasteiger partial charge >= 0.3 is 0 Å². The quantitative estimate of drug-likeness (QED) is 0.748. The highest BCUT2D eigenvalue weighted by Gasteiger charge is 2.56. The zero-order valence-corrected chi connectivity index (χ0v) is 9.12. The normalized spacial score (nSPS) is 16.3. The van der Waals surface area contributed by atoms with Gasteiger partial charge in [0.15, 0.2) is 0 Å². The van der Waals surface area contributed by atoms with Crippen LogP contribution < -0.4 is 10.6 Å². The molecule has 2 N–H and O–H groups in total. The molecule has 0 aromatic heterocycles. The summed E-state index contributed by atoms with van der Waals surface area (Å²) in [6, 6.07) is 9.17. The molecule has 1 fully saturated rings. The van der Waals surface area contributed by atoms with E-state index in [4.69, 9.17) is 0 Å². The van der Waals surface area contributed by atoms with Crippen LogP contribution >= 0.6 is 0 Å². The monoisotopic (exact) mass is 218 g/mol. The van der Waals surface area contributed by atoms with Gasteiger partial charge in [-0.2, -0.15) is 0 Å². The van der Waals surface area contributed by atoms with Gasteiger partial charge in [0.2, 0.25) is 11.8 Å². The summed E-state index contributed by atoms with van der Waals surface area (Å²) < 4.78 is 0. The van der Waals surface area contributed by atoms with E-state index < -0.39 is 5.41 Å². The van der Waals surface area contributed by atoms with Crippen molar-refractivity contribution in [3.63, 3.8) is 0 Å². The minimum absolute atomic E-state index is 0.194. The Morgan fingerprint density at radius 3 is 2.25 bits per heavy atom. The Bertz CT molecular complexity index is 410. The van der Waals surface area contributed by atoms with Crippen LogP contribution in [0.3, 0.4) is 0 Å². The minimum atomic E-state index is -0.829. The third-order valence-corrected chi connectivity index (χ3v) is 2.88. The SMILES string of the molecule is CNC(=O)C1(C(=O)Nc2ccccc2)CC1. The summed E-state index contributed by atoms with van der Waals surface area (Å²) in [5.74, 6) is -0.404. The van der Waals surface area contributed by atoms with Gasteiger partial charge in [-0.3, -0.25) is 9.59 Å². The van der Waals surface area contributed by atoms with Crippen LogP contribution in [0.5, 0.6) is 0 Å². The van der Waals surface area contributed by atoms with Gasteiger partial charge in [0.1, 0.15) is 5.41 Å². The Kier molecular flexibility index (Phi) is 2.64. The van der Waals surface area contributed by atoms with Gasteiger partial charge in [-0.25, -0.2) is 0 Å². The van der Waals surface area contributed by atoms with Crippen LogP contribution in [-0.4, -0.2) is 18.9 Å². The first-order chi connectivity index (χ1) is 7.69. The van der Waals surface area contributed by atoms with E-state index in [9.17, 15) is 9.59 Å². The molecule has 0 radical (unpaired) electrons. The summed E-state index contributed by atoms with van der Waals surface area (Å²) in [6.07, 6.45) is 1.26. The fourth-order valence-electron chi connectivity index (χ4n) is 1.69. The number of benzene rings is 1. The van der Waals surface area contributed by atoms with Gasteiger partial charge in [-0.15, -0.1) is 0 Å². The first kappa shape index (κ1) is 10.7. The highest BCUT2D eigenvalue weighted by atomic mass is 16.2. The standard InChI is InChI=1S/C12H14N2O2/c1-13-10(15)12(7-8-12)11(16)14-9-5-3-2-4-6-9/h2-6H,7-8H2,1H3,(H,13,15)(H,14,16). The van der Waals surface area contributed by atoms with E-state index in [1.54, 1.807) is 19.2 Å². The second-order valence-corrected chi connectivity index (χ2v) is 3.98. The van der Waals surface area contributed by atoms with Crippen LogP contribution in [0.25, 0.3) is 0 Å². The Labute approximate surface area is 94.0 Å². The topological polar surface area (TPSA) is 58.2 Å². The smallest absolute Gasteiger partial charge is 0.240 e. The molecule has 2 rings (SSSR count). The van der Waals surface area contributed by atoms with Crippen molar-refractivity contribution in [2.24, 2.45) is 5.41 Å². The first-order valence-electron chi connectivity index (χ1n) is 5.28. The molecule has 1 aliphatic carbocycles. The summed E-state index contributed by atoms with van der Waals surface area (Å²) in [5.41, 5.74) is -0.104. The van der Waals surface area contributed by atoms with Gasteiger partial charge in [0.25, 0.3) is 0 Å². The van der Waals surface area contributed by atoms with E-state index in [1.165, 1.54) is 0 Å². The zero-order chi connectivity index (χ0) is 11.6. The molecule has 0 unspecified atom stereocenters. The fourth-order valence-corrected chi connectivity index (χ4v) is 1.69. The van der Waals surface area contributed by atoms with E-state index in [2.05, 4.69) is 10.6 Å². The lowest BCUT2D eigenvalue weighted by molar-refractivity contribution is -0.134. The first-order valence-corrected chi connectivity index (χ1v) is 5.28. The molecule has 4 heteroatoms. The van der Waals surface area contributed by atoms with Gasteiger partial charge in [0, 0.05) is 12.7 Å². The molecule has 1 aromatic rings. The summed E-state index contributed by atoms with van der Waals surface area (Å²) in [6.45, 7) is 0. The maximum absolute atomic E-state index is 11.9. The van der Waals surface area contributed by atoms with Crippen LogP contribution in [-0.2, 0) is 9.59 Å². The zero-order valence-electron chi connectivity index (χ0n) is 9.12. The predicted molar refractivity (Wildman–Crippen MR) is 60.8 cm³/mol. The average molecular weight is 218 g/mol. The van der Waals surface area contributed by atoms with E-state index in [1.807, 2.05) is 18.2 Å². The number of hydrogen-bond donors (Lipinski definition) is 2. The maximum atomic E-state index is 11.9. The van der Waals surface area contributed by atoms with Crippen molar-refractivity contribution in [3.05, 3.63) is 30.3 Å². The van der Waals surface area contributed by atoms with Crippen LogP contribution in [0.2, 0.25) is 0 Å². The molecule has 0 aliphatic heterocycles. The Balaban J connectivity index is 2.07. The molecule has 0 atom stereocenters. The lowest BCUT2D eigenvalue weighted by Gasteiger charge is -2.13. The van der Waals surface area contributed by atoms with Crippen molar-refractivity contribution >= 4 is 17.5 Å². The molecule has 0 heterocycles. The largest absolute Gasteiger partial charge is 0.358 e. The Hall–Kier alpha value is -1.84. The number of rotatable bonds is 3. The van der Waals surface area contributed by atoms with Crippen molar-refractivity contribution in [2.75, 3.05) is 12.4 Å². The highest BCUT2D eigenvalue weighted by Crippen LogP contribution is 2.46. The van der Waals surface area contributed by atoms with Gasteiger partial charge in [-0.05, 0) is 25.0 Å². The number of anilines is 1. The van der Waals surface area contributed by atoms with Crippen molar-refractivity contribution < 1.29 is 9.59 Å². The fraction of sp³-hybridized carbons (Fsp3) is 0.333. The van der Waals surface area contributed by atoms with Gasteiger partial charge in [-0.1, -0.05) is 18.2 Å². The van der Waals surface area contributed by atoms with Crippen LogP contribution in [0, 0.1) is 5.41 Å². The van der Waals surface area contributed by atoms with Gasteiger partial charge in [0.05, 0.1) is 0 Å². The third-order valence-electron chi connectivity index (χ3n) is 2.88. The Morgan fingerprint density at radius 2 is 1.75 bits per heavy atom. The molecule has 0 saturated heterocycles.